The molecule has 0 aromatic heterocycles. The molecular weight excluding hydrogens is 442 g/mol. The van der Waals surface area contributed by atoms with E-state index in [0.717, 1.165) is 32.1 Å². The van der Waals surface area contributed by atoms with Gasteiger partial charge < -0.3 is 14.9 Å². The molecule has 6 heteroatoms. The van der Waals surface area contributed by atoms with Gasteiger partial charge in [0.15, 0.2) is 0 Å². The second-order valence-corrected chi connectivity index (χ2v) is 10.7. The second-order valence-electron chi connectivity index (χ2n) is 10.7. The van der Waals surface area contributed by atoms with Crippen LogP contribution in [0.25, 0.3) is 0 Å². The van der Waals surface area contributed by atoms with Gasteiger partial charge in [-0.05, 0) is 19.3 Å². The predicted octanol–water partition coefficient (Wildman–Crippen LogP) is 6.87. The van der Waals surface area contributed by atoms with Crippen LogP contribution in [0.2, 0.25) is 0 Å². The van der Waals surface area contributed by atoms with E-state index in [9.17, 15) is 19.8 Å². The summed E-state index contributed by atoms with van der Waals surface area (Å²) in [5, 5.41) is 19.9. The lowest BCUT2D eigenvalue weighted by molar-refractivity contribution is -0.171. The number of β-amino-alcohol motifs (C(OH)–C–C–N with tert-alkyl or cyclic N) is 1. The van der Waals surface area contributed by atoms with Crippen LogP contribution in [0, 0.1) is 0 Å². The Morgan fingerprint density at radius 1 is 0.857 bits per heavy atom. The van der Waals surface area contributed by atoms with Gasteiger partial charge in [-0.3, -0.25) is 14.5 Å². The Morgan fingerprint density at radius 2 is 1.34 bits per heavy atom. The minimum atomic E-state index is -1.01. The van der Waals surface area contributed by atoms with Crippen molar-refractivity contribution in [1.29, 1.82) is 0 Å². The van der Waals surface area contributed by atoms with Gasteiger partial charge in [-0.2, -0.15) is 0 Å². The fourth-order valence-electron chi connectivity index (χ4n) is 5.11. The highest BCUT2D eigenvalue weighted by Gasteiger charge is 2.38. The van der Waals surface area contributed by atoms with Gasteiger partial charge in [-0.15, -0.1) is 0 Å². The third-order valence-corrected chi connectivity index (χ3v) is 7.27. The molecule has 2 N–H and O–H groups in total. The second kappa shape index (κ2) is 21.0. The molecule has 206 valence electrons. The van der Waals surface area contributed by atoms with Crippen molar-refractivity contribution >= 4 is 11.9 Å². The van der Waals surface area contributed by atoms with Gasteiger partial charge in [0.2, 0.25) is 0 Å². The van der Waals surface area contributed by atoms with Crippen molar-refractivity contribution in [3.05, 3.63) is 0 Å². The number of unbranched alkanes of at least 4 members (excludes halogenated alkanes) is 15. The molecule has 0 saturated carbocycles. The molecule has 1 heterocycles. The SMILES string of the molecule is CCCCCCCCCCCC(O)CN1CC(CCCCCCCCCC)OC(=O)C1CC(=O)O. The number of morpholine rings is 1. The number of ether oxygens (including phenoxy) is 1. The highest BCUT2D eigenvalue weighted by Crippen LogP contribution is 2.22. The number of aliphatic hydroxyl groups is 1. The number of nitrogens with zero attached hydrogens (tertiary/aromatic N) is 1. The van der Waals surface area contributed by atoms with Gasteiger partial charge in [0.05, 0.1) is 12.5 Å². The van der Waals surface area contributed by atoms with Crippen LogP contribution in [-0.4, -0.2) is 58.4 Å². The first-order chi connectivity index (χ1) is 17.0. The Kier molecular flexibility index (Phi) is 19.1. The number of carboxylic acid groups (broad SMARTS) is 1. The van der Waals surface area contributed by atoms with Crippen LogP contribution < -0.4 is 0 Å². The zero-order valence-electron chi connectivity index (χ0n) is 22.9. The quantitative estimate of drug-likeness (QED) is 0.118. The zero-order chi connectivity index (χ0) is 25.7. The highest BCUT2D eigenvalue weighted by atomic mass is 16.5. The molecule has 0 radical (unpaired) electrons. The van der Waals surface area contributed by atoms with Crippen LogP contribution in [0.5, 0.6) is 0 Å². The number of cyclic esters (lactones) is 1. The molecule has 1 aliphatic rings. The molecule has 3 atom stereocenters. The maximum Gasteiger partial charge on any atom is 0.324 e. The number of esters is 1. The van der Waals surface area contributed by atoms with E-state index in [0.29, 0.717) is 19.5 Å². The molecule has 0 amide bonds. The first kappa shape index (κ1) is 31.9. The molecule has 35 heavy (non-hydrogen) atoms. The number of carboxylic acids is 1. The van der Waals surface area contributed by atoms with E-state index >= 15 is 0 Å². The zero-order valence-corrected chi connectivity index (χ0v) is 22.9. The van der Waals surface area contributed by atoms with Crippen molar-refractivity contribution in [3.8, 4) is 0 Å². The number of aliphatic hydroxyl groups excluding tert-OH is 1. The molecule has 0 aliphatic carbocycles. The smallest absolute Gasteiger partial charge is 0.324 e. The molecular formula is C29H55NO5. The minimum absolute atomic E-state index is 0.201. The Morgan fingerprint density at radius 3 is 1.86 bits per heavy atom. The van der Waals surface area contributed by atoms with Crippen LogP contribution in [0.3, 0.4) is 0 Å². The monoisotopic (exact) mass is 497 g/mol. The van der Waals surface area contributed by atoms with Crippen molar-refractivity contribution in [1.82, 2.24) is 4.90 Å². The topological polar surface area (TPSA) is 87.1 Å². The predicted molar refractivity (Wildman–Crippen MR) is 143 cm³/mol. The minimum Gasteiger partial charge on any atom is -0.481 e. The molecule has 1 aliphatic heterocycles. The van der Waals surface area contributed by atoms with E-state index in [1.54, 1.807) is 0 Å². The highest BCUT2D eigenvalue weighted by molar-refractivity contribution is 5.82. The molecule has 0 aromatic rings. The van der Waals surface area contributed by atoms with E-state index in [2.05, 4.69) is 13.8 Å². The summed E-state index contributed by atoms with van der Waals surface area (Å²) in [6.45, 7) is 5.33. The fraction of sp³-hybridized carbons (Fsp3) is 0.931. The lowest BCUT2D eigenvalue weighted by Gasteiger charge is -2.38. The van der Waals surface area contributed by atoms with E-state index < -0.39 is 24.1 Å². The summed E-state index contributed by atoms with van der Waals surface area (Å²) in [7, 11) is 0. The van der Waals surface area contributed by atoms with Crippen LogP contribution in [0.4, 0.5) is 0 Å². The number of hydrogen-bond donors (Lipinski definition) is 2. The summed E-state index contributed by atoms with van der Waals surface area (Å²) in [6.07, 6.45) is 21.5. The maximum atomic E-state index is 12.6. The van der Waals surface area contributed by atoms with Crippen molar-refractivity contribution in [2.45, 2.75) is 161 Å². The van der Waals surface area contributed by atoms with Crippen molar-refractivity contribution in [2.24, 2.45) is 0 Å². The van der Waals surface area contributed by atoms with Gasteiger partial charge in [-0.1, -0.05) is 117 Å². The van der Waals surface area contributed by atoms with Crippen molar-refractivity contribution < 1.29 is 24.5 Å². The van der Waals surface area contributed by atoms with Crippen LogP contribution in [0.15, 0.2) is 0 Å². The van der Waals surface area contributed by atoms with E-state index in [1.807, 2.05) is 4.90 Å². The fourth-order valence-corrected chi connectivity index (χ4v) is 5.11. The Hall–Kier alpha value is -1.14. The largest absolute Gasteiger partial charge is 0.481 e. The van der Waals surface area contributed by atoms with E-state index in [-0.39, 0.29) is 12.5 Å². The number of hydrogen-bond acceptors (Lipinski definition) is 5. The van der Waals surface area contributed by atoms with Gasteiger partial charge in [-0.25, -0.2) is 0 Å². The molecule has 3 unspecified atom stereocenters. The van der Waals surface area contributed by atoms with Gasteiger partial charge in [0.1, 0.15) is 12.1 Å². The first-order valence-corrected chi connectivity index (χ1v) is 14.8. The van der Waals surface area contributed by atoms with E-state index in [4.69, 9.17) is 4.74 Å². The van der Waals surface area contributed by atoms with Crippen molar-refractivity contribution in [2.75, 3.05) is 13.1 Å². The summed E-state index contributed by atoms with van der Waals surface area (Å²) in [6, 6.07) is -0.792. The van der Waals surface area contributed by atoms with Gasteiger partial charge in [0.25, 0.3) is 0 Å². The lowest BCUT2D eigenvalue weighted by Crippen LogP contribution is -2.55. The Labute approximate surface area is 215 Å². The van der Waals surface area contributed by atoms with E-state index in [1.165, 1.54) is 83.5 Å². The summed E-state index contributed by atoms with van der Waals surface area (Å²) < 4.78 is 5.61. The number of rotatable bonds is 23. The lowest BCUT2D eigenvalue weighted by atomic mass is 10.0. The first-order valence-electron chi connectivity index (χ1n) is 14.8. The summed E-state index contributed by atoms with van der Waals surface area (Å²) in [4.78, 5) is 25.8. The third kappa shape index (κ3) is 16.3. The number of carbonyl (C=O) groups excluding carboxylic acids is 1. The standard InChI is InChI=1S/C29H55NO5/c1-3-5-7-9-11-13-14-16-18-20-25(31)23-30-24-26(35-29(34)27(30)22-28(32)33)21-19-17-15-12-10-8-6-4-2/h25-27,31H,3-24H2,1-2H3,(H,32,33). The molecule has 0 aromatic carbocycles. The van der Waals surface area contributed by atoms with Crippen molar-refractivity contribution in [3.63, 3.8) is 0 Å². The Balaban J connectivity index is 2.33. The third-order valence-electron chi connectivity index (χ3n) is 7.27. The maximum absolute atomic E-state index is 12.6. The van der Waals surface area contributed by atoms with Gasteiger partial charge in [0, 0.05) is 13.1 Å². The number of carbonyl (C=O) groups is 2. The van der Waals surface area contributed by atoms with Crippen LogP contribution in [0.1, 0.15) is 142 Å². The molecule has 0 spiro atoms. The molecule has 0 bridgehead atoms. The molecule has 6 nitrogen and oxygen atoms in total. The summed E-state index contributed by atoms with van der Waals surface area (Å²) in [5.41, 5.74) is 0. The van der Waals surface area contributed by atoms with Crippen LogP contribution in [-0.2, 0) is 14.3 Å². The van der Waals surface area contributed by atoms with Crippen LogP contribution >= 0.6 is 0 Å². The average molecular weight is 498 g/mol. The molecule has 1 saturated heterocycles. The normalized spacial score (nSPS) is 19.6. The summed E-state index contributed by atoms with van der Waals surface area (Å²) in [5.74, 6) is -1.45. The molecule has 1 rings (SSSR count). The van der Waals surface area contributed by atoms with Gasteiger partial charge >= 0.3 is 11.9 Å². The number of aliphatic carboxylic acids is 1. The molecule has 1 fully saturated rings. The average Bonchev–Trinajstić information content (AvgIpc) is 2.81. The Bertz CT molecular complexity index is 541. The summed E-state index contributed by atoms with van der Waals surface area (Å²) >= 11 is 0.